The molecule has 0 aliphatic carbocycles. The van der Waals surface area contributed by atoms with E-state index in [1.165, 1.54) is 0 Å². The van der Waals surface area contributed by atoms with Gasteiger partial charge in [0.2, 0.25) is 5.91 Å². The molecule has 0 saturated carbocycles. The van der Waals surface area contributed by atoms with Crippen LogP contribution < -0.4 is 15.4 Å². The number of aryl methyl sites for hydroxylation is 2. The van der Waals surface area contributed by atoms with Gasteiger partial charge in [-0.25, -0.2) is 0 Å². The van der Waals surface area contributed by atoms with Gasteiger partial charge in [-0.3, -0.25) is 4.79 Å². The lowest BCUT2D eigenvalue weighted by molar-refractivity contribution is -0.114. The predicted molar refractivity (Wildman–Crippen MR) is 96.8 cm³/mol. The maximum Gasteiger partial charge on any atom is 0.243 e. The number of amides is 1. The van der Waals surface area contributed by atoms with Gasteiger partial charge in [0.05, 0.1) is 13.2 Å². The summed E-state index contributed by atoms with van der Waals surface area (Å²) in [6.45, 7) is 5.31. The fraction of sp³-hybridized carbons (Fsp3) is 0.316. The summed E-state index contributed by atoms with van der Waals surface area (Å²) in [6.07, 6.45) is 0. The van der Waals surface area contributed by atoms with E-state index in [9.17, 15) is 4.79 Å². The minimum absolute atomic E-state index is 0.0919. The van der Waals surface area contributed by atoms with Crippen molar-refractivity contribution in [2.45, 2.75) is 13.8 Å². The van der Waals surface area contributed by atoms with Crippen LogP contribution in [0.2, 0.25) is 0 Å². The molecule has 0 aliphatic heterocycles. The van der Waals surface area contributed by atoms with Crippen molar-refractivity contribution >= 4 is 17.3 Å². The van der Waals surface area contributed by atoms with Gasteiger partial charge in [0.25, 0.3) is 0 Å². The fourth-order valence-corrected chi connectivity index (χ4v) is 2.34. The summed E-state index contributed by atoms with van der Waals surface area (Å²) in [5.74, 6) is 0.657. The first-order valence-electron chi connectivity index (χ1n) is 7.92. The van der Waals surface area contributed by atoms with Crippen LogP contribution in [0.4, 0.5) is 11.4 Å². The molecule has 0 aliphatic rings. The Morgan fingerprint density at radius 3 is 2.29 bits per heavy atom. The number of methoxy groups -OCH3 is 1. The Labute approximate surface area is 143 Å². The molecule has 0 radical (unpaired) electrons. The number of hydrogen-bond donors (Lipinski definition) is 2. The number of rotatable bonds is 8. The van der Waals surface area contributed by atoms with Crippen LogP contribution in [0.5, 0.6) is 5.75 Å². The van der Waals surface area contributed by atoms with Gasteiger partial charge in [0.1, 0.15) is 12.4 Å². The first-order chi connectivity index (χ1) is 11.6. The summed E-state index contributed by atoms with van der Waals surface area (Å²) in [5.41, 5.74) is 4.00. The van der Waals surface area contributed by atoms with E-state index in [1.54, 1.807) is 7.11 Å². The second-order valence-electron chi connectivity index (χ2n) is 5.53. The lowest BCUT2D eigenvalue weighted by atomic mass is 10.1. The predicted octanol–water partition coefficient (Wildman–Crippen LogP) is 3.38. The highest BCUT2D eigenvalue weighted by molar-refractivity contribution is 5.94. The average molecular weight is 328 g/mol. The van der Waals surface area contributed by atoms with Crippen molar-refractivity contribution in [1.82, 2.24) is 0 Å². The number of para-hydroxylation sites is 1. The van der Waals surface area contributed by atoms with Crippen LogP contribution in [0.3, 0.4) is 0 Å². The second-order valence-corrected chi connectivity index (χ2v) is 5.53. The minimum atomic E-state index is -0.0919. The maximum absolute atomic E-state index is 12.1. The molecular formula is C19H24N2O3. The van der Waals surface area contributed by atoms with Crippen LogP contribution in [0, 0.1) is 13.8 Å². The van der Waals surface area contributed by atoms with Crippen LogP contribution in [-0.2, 0) is 9.53 Å². The summed E-state index contributed by atoms with van der Waals surface area (Å²) in [6, 6.07) is 13.3. The third kappa shape index (κ3) is 5.28. The molecule has 0 fully saturated rings. The smallest absolute Gasteiger partial charge is 0.243 e. The molecule has 5 nitrogen and oxygen atoms in total. The highest BCUT2D eigenvalue weighted by Gasteiger charge is 2.06. The SMILES string of the molecule is COCCOc1ccc(NC(=O)CNc2c(C)cccc2C)cc1. The Morgan fingerprint density at radius 1 is 1.00 bits per heavy atom. The minimum Gasteiger partial charge on any atom is -0.491 e. The molecule has 2 N–H and O–H groups in total. The molecule has 1 amide bonds. The molecule has 0 spiro atoms. The third-order valence-corrected chi connectivity index (χ3v) is 3.60. The van der Waals surface area contributed by atoms with Crippen molar-refractivity contribution in [3.05, 3.63) is 53.6 Å². The van der Waals surface area contributed by atoms with Crippen molar-refractivity contribution in [2.24, 2.45) is 0 Å². The van der Waals surface area contributed by atoms with E-state index in [-0.39, 0.29) is 12.5 Å². The van der Waals surface area contributed by atoms with Crippen molar-refractivity contribution in [3.63, 3.8) is 0 Å². The van der Waals surface area contributed by atoms with Crippen molar-refractivity contribution in [3.8, 4) is 5.75 Å². The van der Waals surface area contributed by atoms with Crippen LogP contribution in [0.1, 0.15) is 11.1 Å². The number of anilines is 2. The molecule has 128 valence electrons. The van der Waals surface area contributed by atoms with Crippen LogP contribution in [0.15, 0.2) is 42.5 Å². The molecular weight excluding hydrogens is 304 g/mol. The molecule has 0 heterocycles. The van der Waals surface area contributed by atoms with Crippen LogP contribution in [-0.4, -0.2) is 32.8 Å². The van der Waals surface area contributed by atoms with E-state index in [1.807, 2.05) is 56.3 Å². The number of nitrogens with one attached hydrogen (secondary N) is 2. The molecule has 0 bridgehead atoms. The molecule has 2 rings (SSSR count). The average Bonchev–Trinajstić information content (AvgIpc) is 2.56. The lowest BCUT2D eigenvalue weighted by Crippen LogP contribution is -2.22. The van der Waals surface area contributed by atoms with Gasteiger partial charge in [-0.2, -0.15) is 0 Å². The van der Waals surface area contributed by atoms with Gasteiger partial charge in [0, 0.05) is 18.5 Å². The largest absolute Gasteiger partial charge is 0.491 e. The lowest BCUT2D eigenvalue weighted by Gasteiger charge is -2.13. The summed E-state index contributed by atoms with van der Waals surface area (Å²) in [4.78, 5) is 12.1. The zero-order valence-electron chi connectivity index (χ0n) is 14.4. The zero-order valence-corrected chi connectivity index (χ0v) is 14.4. The molecule has 2 aromatic rings. The number of carbonyl (C=O) groups is 1. The van der Waals surface area contributed by atoms with Gasteiger partial charge in [-0.1, -0.05) is 18.2 Å². The van der Waals surface area contributed by atoms with Crippen LogP contribution in [0.25, 0.3) is 0 Å². The normalized spacial score (nSPS) is 10.3. The number of benzene rings is 2. The molecule has 0 atom stereocenters. The second kappa shape index (κ2) is 8.93. The van der Waals surface area contributed by atoms with Gasteiger partial charge < -0.3 is 20.1 Å². The Kier molecular flexibility index (Phi) is 6.63. The van der Waals surface area contributed by atoms with Crippen molar-refractivity contribution in [2.75, 3.05) is 37.5 Å². The molecule has 24 heavy (non-hydrogen) atoms. The summed E-state index contributed by atoms with van der Waals surface area (Å²) in [5, 5.41) is 6.06. The molecule has 0 saturated heterocycles. The van der Waals surface area contributed by atoms with Crippen LogP contribution >= 0.6 is 0 Å². The molecule has 2 aromatic carbocycles. The van der Waals surface area contributed by atoms with E-state index < -0.39 is 0 Å². The van der Waals surface area contributed by atoms with Gasteiger partial charge in [-0.05, 0) is 49.2 Å². The zero-order chi connectivity index (χ0) is 17.4. The standard InChI is InChI=1S/C19H24N2O3/c1-14-5-4-6-15(2)19(14)20-13-18(22)21-16-7-9-17(10-8-16)24-12-11-23-3/h4-10,20H,11-13H2,1-3H3,(H,21,22). The Hall–Kier alpha value is -2.53. The molecule has 0 aromatic heterocycles. The van der Waals surface area contributed by atoms with E-state index in [4.69, 9.17) is 9.47 Å². The van der Waals surface area contributed by atoms with Gasteiger partial charge in [0.15, 0.2) is 0 Å². The summed E-state index contributed by atoms with van der Waals surface area (Å²) in [7, 11) is 1.63. The topological polar surface area (TPSA) is 59.6 Å². The Bertz CT molecular complexity index is 649. The van der Waals surface area contributed by atoms with Gasteiger partial charge >= 0.3 is 0 Å². The van der Waals surface area contributed by atoms with Crippen molar-refractivity contribution in [1.29, 1.82) is 0 Å². The Balaban J connectivity index is 1.84. The number of hydrogen-bond acceptors (Lipinski definition) is 4. The van der Waals surface area contributed by atoms with Gasteiger partial charge in [-0.15, -0.1) is 0 Å². The van der Waals surface area contributed by atoms with E-state index in [2.05, 4.69) is 10.6 Å². The van der Waals surface area contributed by atoms with E-state index in [0.717, 1.165) is 28.3 Å². The summed E-state index contributed by atoms with van der Waals surface area (Å²) >= 11 is 0. The highest BCUT2D eigenvalue weighted by atomic mass is 16.5. The molecule has 0 unspecified atom stereocenters. The van der Waals surface area contributed by atoms with Crippen molar-refractivity contribution < 1.29 is 14.3 Å². The number of carbonyl (C=O) groups excluding carboxylic acids is 1. The maximum atomic E-state index is 12.1. The summed E-state index contributed by atoms with van der Waals surface area (Å²) < 4.78 is 10.4. The third-order valence-electron chi connectivity index (χ3n) is 3.60. The number of ether oxygens (including phenoxy) is 2. The first kappa shape index (κ1) is 17.8. The monoisotopic (exact) mass is 328 g/mol. The fourth-order valence-electron chi connectivity index (χ4n) is 2.34. The highest BCUT2D eigenvalue weighted by Crippen LogP contribution is 2.19. The quantitative estimate of drug-likeness (QED) is 0.729. The van der Waals surface area contributed by atoms with E-state index >= 15 is 0 Å². The first-order valence-corrected chi connectivity index (χ1v) is 7.92. The molecule has 5 heteroatoms. The Morgan fingerprint density at radius 2 is 1.67 bits per heavy atom. The van der Waals surface area contributed by atoms with E-state index in [0.29, 0.717) is 13.2 Å².